The summed E-state index contributed by atoms with van der Waals surface area (Å²) in [5, 5.41) is 10.4. The fourth-order valence-corrected chi connectivity index (χ4v) is 2.27. The smallest absolute Gasteiger partial charge is 0.103 e. The van der Waals surface area contributed by atoms with Crippen LogP contribution in [-0.2, 0) is 5.60 Å². The van der Waals surface area contributed by atoms with E-state index in [1.165, 1.54) is 0 Å². The lowest BCUT2D eigenvalue weighted by Crippen LogP contribution is -2.35. The molecule has 0 saturated carbocycles. The first-order valence-electron chi connectivity index (χ1n) is 5.28. The SMILES string of the molecule is CCSCCC(O)(CN)c1ccccc1. The minimum Gasteiger partial charge on any atom is -0.384 e. The Morgan fingerprint density at radius 3 is 2.53 bits per heavy atom. The molecule has 15 heavy (non-hydrogen) atoms. The maximum Gasteiger partial charge on any atom is 0.103 e. The van der Waals surface area contributed by atoms with Crippen LogP contribution in [0.4, 0.5) is 0 Å². The van der Waals surface area contributed by atoms with Crippen molar-refractivity contribution in [3.8, 4) is 0 Å². The van der Waals surface area contributed by atoms with Gasteiger partial charge < -0.3 is 10.8 Å². The summed E-state index contributed by atoms with van der Waals surface area (Å²) >= 11 is 1.83. The fourth-order valence-electron chi connectivity index (χ4n) is 1.50. The number of nitrogens with two attached hydrogens (primary N) is 1. The first kappa shape index (κ1) is 12.6. The zero-order valence-corrected chi connectivity index (χ0v) is 9.96. The highest BCUT2D eigenvalue weighted by atomic mass is 32.2. The second-order valence-corrected chi connectivity index (χ2v) is 4.94. The normalized spacial score (nSPS) is 14.9. The molecule has 0 fully saturated rings. The Bertz CT molecular complexity index is 278. The lowest BCUT2D eigenvalue weighted by atomic mass is 9.91. The van der Waals surface area contributed by atoms with E-state index in [9.17, 15) is 5.11 Å². The number of hydrogen-bond donors (Lipinski definition) is 2. The zero-order valence-electron chi connectivity index (χ0n) is 9.15. The Kier molecular flexibility index (Phi) is 5.15. The van der Waals surface area contributed by atoms with Gasteiger partial charge in [0, 0.05) is 6.54 Å². The summed E-state index contributed by atoms with van der Waals surface area (Å²) in [6.07, 6.45) is 0.714. The summed E-state index contributed by atoms with van der Waals surface area (Å²) in [7, 11) is 0. The fraction of sp³-hybridized carbons (Fsp3) is 0.500. The van der Waals surface area contributed by atoms with Crippen molar-refractivity contribution in [2.75, 3.05) is 18.1 Å². The van der Waals surface area contributed by atoms with Crippen molar-refractivity contribution in [1.29, 1.82) is 0 Å². The van der Waals surface area contributed by atoms with Gasteiger partial charge in [-0.05, 0) is 23.5 Å². The van der Waals surface area contributed by atoms with Crippen LogP contribution in [-0.4, -0.2) is 23.2 Å². The third kappa shape index (κ3) is 3.52. The molecule has 0 saturated heterocycles. The van der Waals surface area contributed by atoms with Gasteiger partial charge in [0.15, 0.2) is 0 Å². The Balaban J connectivity index is 2.67. The second kappa shape index (κ2) is 6.16. The molecule has 0 amide bonds. The molecule has 3 N–H and O–H groups in total. The van der Waals surface area contributed by atoms with Crippen molar-refractivity contribution >= 4 is 11.8 Å². The van der Waals surface area contributed by atoms with E-state index >= 15 is 0 Å². The van der Waals surface area contributed by atoms with Crippen molar-refractivity contribution in [1.82, 2.24) is 0 Å². The molecule has 2 nitrogen and oxygen atoms in total. The third-order valence-corrected chi connectivity index (χ3v) is 3.41. The number of benzene rings is 1. The molecule has 0 radical (unpaired) electrons. The van der Waals surface area contributed by atoms with Crippen molar-refractivity contribution in [3.63, 3.8) is 0 Å². The average molecular weight is 225 g/mol. The van der Waals surface area contributed by atoms with Crippen LogP contribution in [0, 0.1) is 0 Å². The molecule has 0 aliphatic rings. The molecular weight excluding hydrogens is 206 g/mol. The first-order valence-corrected chi connectivity index (χ1v) is 6.44. The maximum absolute atomic E-state index is 10.4. The maximum atomic E-state index is 10.4. The van der Waals surface area contributed by atoms with E-state index in [-0.39, 0.29) is 6.54 Å². The molecule has 1 aromatic rings. The van der Waals surface area contributed by atoms with E-state index in [1.807, 2.05) is 42.1 Å². The molecule has 0 heterocycles. The standard InChI is InChI=1S/C12H19NOS/c1-2-15-9-8-12(14,10-13)11-6-4-3-5-7-11/h3-7,14H,2,8-10,13H2,1H3. The molecule has 1 aromatic carbocycles. The van der Waals surface area contributed by atoms with E-state index in [0.29, 0.717) is 6.42 Å². The predicted molar refractivity (Wildman–Crippen MR) is 67.0 cm³/mol. The van der Waals surface area contributed by atoms with Crippen molar-refractivity contribution < 1.29 is 5.11 Å². The van der Waals surface area contributed by atoms with Gasteiger partial charge in [-0.2, -0.15) is 11.8 Å². The van der Waals surface area contributed by atoms with E-state index in [2.05, 4.69) is 6.92 Å². The highest BCUT2D eigenvalue weighted by Gasteiger charge is 2.26. The Morgan fingerprint density at radius 1 is 1.33 bits per heavy atom. The summed E-state index contributed by atoms with van der Waals surface area (Å²) in [5.41, 5.74) is 5.72. The molecule has 0 bridgehead atoms. The summed E-state index contributed by atoms with van der Waals surface area (Å²) in [4.78, 5) is 0. The van der Waals surface area contributed by atoms with E-state index in [0.717, 1.165) is 17.1 Å². The Hall–Kier alpha value is -0.510. The van der Waals surface area contributed by atoms with Crippen molar-refractivity contribution in [2.45, 2.75) is 18.9 Å². The molecule has 1 rings (SSSR count). The van der Waals surface area contributed by atoms with Crippen LogP contribution in [0.15, 0.2) is 30.3 Å². The van der Waals surface area contributed by atoms with Gasteiger partial charge in [-0.3, -0.25) is 0 Å². The molecule has 0 aromatic heterocycles. The molecule has 1 unspecified atom stereocenters. The lowest BCUT2D eigenvalue weighted by Gasteiger charge is -2.26. The molecular formula is C12H19NOS. The molecule has 3 heteroatoms. The molecule has 0 aliphatic carbocycles. The van der Waals surface area contributed by atoms with Crippen LogP contribution >= 0.6 is 11.8 Å². The number of hydrogen-bond acceptors (Lipinski definition) is 3. The lowest BCUT2D eigenvalue weighted by molar-refractivity contribution is 0.0431. The van der Waals surface area contributed by atoms with E-state index < -0.39 is 5.60 Å². The summed E-state index contributed by atoms with van der Waals surface area (Å²) < 4.78 is 0. The largest absolute Gasteiger partial charge is 0.384 e. The van der Waals surface area contributed by atoms with Crippen molar-refractivity contribution in [3.05, 3.63) is 35.9 Å². The van der Waals surface area contributed by atoms with E-state index in [4.69, 9.17) is 5.73 Å². The van der Waals surface area contributed by atoms with Gasteiger partial charge >= 0.3 is 0 Å². The molecule has 0 spiro atoms. The van der Waals surface area contributed by atoms with Gasteiger partial charge in [0.25, 0.3) is 0 Å². The summed E-state index contributed by atoms with van der Waals surface area (Å²) in [5.74, 6) is 2.02. The Labute approximate surface area is 95.9 Å². The summed E-state index contributed by atoms with van der Waals surface area (Å²) in [6.45, 7) is 2.40. The van der Waals surface area contributed by atoms with Crippen LogP contribution in [0.3, 0.4) is 0 Å². The van der Waals surface area contributed by atoms with Gasteiger partial charge in [0.05, 0.1) is 0 Å². The van der Waals surface area contributed by atoms with E-state index in [1.54, 1.807) is 0 Å². The van der Waals surface area contributed by atoms with Crippen LogP contribution in [0.5, 0.6) is 0 Å². The topological polar surface area (TPSA) is 46.2 Å². The number of aliphatic hydroxyl groups is 1. The van der Waals surface area contributed by atoms with Gasteiger partial charge in [-0.15, -0.1) is 0 Å². The van der Waals surface area contributed by atoms with Gasteiger partial charge in [0.2, 0.25) is 0 Å². The average Bonchev–Trinajstić information content (AvgIpc) is 2.30. The summed E-state index contributed by atoms with van der Waals surface area (Å²) in [6, 6.07) is 9.68. The van der Waals surface area contributed by atoms with Crippen LogP contribution in [0.2, 0.25) is 0 Å². The van der Waals surface area contributed by atoms with Crippen LogP contribution in [0.1, 0.15) is 18.9 Å². The van der Waals surface area contributed by atoms with Crippen molar-refractivity contribution in [2.24, 2.45) is 5.73 Å². The van der Waals surface area contributed by atoms with Gasteiger partial charge in [-0.1, -0.05) is 37.3 Å². The highest BCUT2D eigenvalue weighted by molar-refractivity contribution is 7.99. The van der Waals surface area contributed by atoms with Gasteiger partial charge in [0.1, 0.15) is 5.60 Å². The highest BCUT2D eigenvalue weighted by Crippen LogP contribution is 2.25. The second-order valence-electron chi connectivity index (χ2n) is 3.55. The third-order valence-electron chi connectivity index (χ3n) is 2.51. The number of thioether (sulfide) groups is 1. The minimum absolute atomic E-state index is 0.279. The van der Waals surface area contributed by atoms with Crippen LogP contribution < -0.4 is 5.73 Å². The monoisotopic (exact) mass is 225 g/mol. The van der Waals surface area contributed by atoms with Crippen LogP contribution in [0.25, 0.3) is 0 Å². The molecule has 0 aliphatic heterocycles. The molecule has 84 valence electrons. The zero-order chi connectivity index (χ0) is 11.1. The molecule has 1 atom stereocenters. The predicted octanol–water partition coefficient (Wildman–Crippen LogP) is 1.98. The Morgan fingerprint density at radius 2 is 2.00 bits per heavy atom. The van der Waals surface area contributed by atoms with Gasteiger partial charge in [-0.25, -0.2) is 0 Å². The first-order chi connectivity index (χ1) is 7.23. The quantitative estimate of drug-likeness (QED) is 0.728. The number of rotatable bonds is 6. The minimum atomic E-state index is -0.858.